The molecule has 0 bridgehead atoms. The lowest BCUT2D eigenvalue weighted by Gasteiger charge is -2.20. The maximum atomic E-state index is 12.9. The first-order valence-corrected chi connectivity index (χ1v) is 13.4. The van der Waals surface area contributed by atoms with E-state index in [9.17, 15) is 13.2 Å². The zero-order valence-electron chi connectivity index (χ0n) is 21.0. The van der Waals surface area contributed by atoms with Gasteiger partial charge in [-0.05, 0) is 44.5 Å². The number of nitrogens with zero attached hydrogens (tertiary/aromatic N) is 5. The number of carbonyl (C=O) groups is 1. The Morgan fingerprint density at radius 2 is 1.79 bits per heavy atom. The fourth-order valence-electron chi connectivity index (χ4n) is 3.66. The summed E-state index contributed by atoms with van der Waals surface area (Å²) in [7, 11) is 1.51. The number of H-pyrrole nitrogens is 1. The molecule has 0 aliphatic heterocycles. The molecule has 0 saturated carbocycles. The average Bonchev–Trinajstić information content (AvgIpc) is 3.27. The highest BCUT2D eigenvalue weighted by molar-refractivity contribution is 7.89. The van der Waals surface area contributed by atoms with E-state index in [0.717, 1.165) is 25.2 Å². The molecule has 0 fully saturated rings. The SMILES string of the molecule is CCN(CC)CCCS(=O)(=O)N[C@H](CCc1ccccc1)c1n[nH]c(CN(C)C(=O)N(C)C)n1. The number of hydrogen-bond donors (Lipinski definition) is 2. The van der Waals surface area contributed by atoms with Crippen molar-refractivity contribution in [2.75, 3.05) is 46.5 Å². The molecule has 190 valence electrons. The number of aryl methyl sites for hydroxylation is 1. The van der Waals surface area contributed by atoms with Crippen LogP contribution in [0.15, 0.2) is 30.3 Å². The van der Waals surface area contributed by atoms with Gasteiger partial charge in [0.25, 0.3) is 0 Å². The molecule has 0 saturated heterocycles. The van der Waals surface area contributed by atoms with Crippen molar-refractivity contribution in [3.05, 3.63) is 47.5 Å². The summed E-state index contributed by atoms with van der Waals surface area (Å²) in [6, 6.07) is 9.18. The average molecular weight is 494 g/mol. The Kier molecular flexibility index (Phi) is 10.9. The first kappa shape index (κ1) is 27.7. The van der Waals surface area contributed by atoms with Crippen molar-refractivity contribution in [3.63, 3.8) is 0 Å². The van der Waals surface area contributed by atoms with Crippen molar-refractivity contribution in [2.45, 2.75) is 45.7 Å². The summed E-state index contributed by atoms with van der Waals surface area (Å²) in [6.07, 6.45) is 1.75. The van der Waals surface area contributed by atoms with Gasteiger partial charge in [0.1, 0.15) is 5.82 Å². The molecule has 0 unspecified atom stereocenters. The second-order valence-electron chi connectivity index (χ2n) is 8.57. The summed E-state index contributed by atoms with van der Waals surface area (Å²) in [5.74, 6) is 0.921. The lowest BCUT2D eigenvalue weighted by molar-refractivity contribution is 0.179. The van der Waals surface area contributed by atoms with Gasteiger partial charge in [0.2, 0.25) is 10.0 Å². The number of carbonyl (C=O) groups excluding carboxylic acids is 1. The molecule has 2 N–H and O–H groups in total. The second-order valence-corrected chi connectivity index (χ2v) is 10.4. The third kappa shape index (κ3) is 9.03. The number of amides is 2. The Morgan fingerprint density at radius 3 is 2.41 bits per heavy atom. The van der Waals surface area contributed by atoms with Crippen molar-refractivity contribution >= 4 is 16.1 Å². The van der Waals surface area contributed by atoms with Gasteiger partial charge < -0.3 is 14.7 Å². The molecule has 1 aromatic heterocycles. The van der Waals surface area contributed by atoms with E-state index in [0.29, 0.717) is 30.9 Å². The topological polar surface area (TPSA) is 115 Å². The molecule has 1 heterocycles. The molecule has 10 nitrogen and oxygen atoms in total. The molecule has 11 heteroatoms. The minimum absolute atomic E-state index is 0.0443. The number of aromatic amines is 1. The van der Waals surface area contributed by atoms with Crippen molar-refractivity contribution < 1.29 is 13.2 Å². The number of benzene rings is 1. The van der Waals surface area contributed by atoms with Crippen LogP contribution in [-0.4, -0.2) is 90.9 Å². The van der Waals surface area contributed by atoms with Crippen LogP contribution in [0.3, 0.4) is 0 Å². The lowest BCUT2D eigenvalue weighted by Crippen LogP contribution is -2.36. The van der Waals surface area contributed by atoms with Gasteiger partial charge in [0.05, 0.1) is 18.3 Å². The Morgan fingerprint density at radius 1 is 1.12 bits per heavy atom. The van der Waals surface area contributed by atoms with Crippen LogP contribution in [0.2, 0.25) is 0 Å². The van der Waals surface area contributed by atoms with Gasteiger partial charge in [-0.1, -0.05) is 44.2 Å². The van der Waals surface area contributed by atoms with Gasteiger partial charge in [-0.3, -0.25) is 5.10 Å². The molecule has 1 aromatic carbocycles. The Balaban J connectivity index is 2.11. The fourth-order valence-corrected chi connectivity index (χ4v) is 4.94. The molecule has 2 aromatic rings. The van der Waals surface area contributed by atoms with E-state index in [1.165, 1.54) is 9.80 Å². The quantitative estimate of drug-likeness (QED) is 0.417. The summed E-state index contributed by atoms with van der Waals surface area (Å²) in [5, 5.41) is 7.14. The largest absolute Gasteiger partial charge is 0.331 e. The van der Waals surface area contributed by atoms with Crippen LogP contribution >= 0.6 is 0 Å². The highest BCUT2D eigenvalue weighted by Gasteiger charge is 2.24. The zero-order valence-corrected chi connectivity index (χ0v) is 21.8. The van der Waals surface area contributed by atoms with E-state index in [1.807, 2.05) is 30.3 Å². The van der Waals surface area contributed by atoms with Crippen LogP contribution in [0.25, 0.3) is 0 Å². The molecule has 0 spiro atoms. The summed E-state index contributed by atoms with van der Waals surface area (Å²) in [6.45, 7) is 6.91. The number of nitrogens with one attached hydrogen (secondary N) is 2. The smallest absolute Gasteiger partial charge is 0.319 e. The van der Waals surface area contributed by atoms with Crippen LogP contribution in [0.1, 0.15) is 49.9 Å². The monoisotopic (exact) mass is 493 g/mol. The molecule has 1 atom stereocenters. The summed E-state index contributed by atoms with van der Waals surface area (Å²) in [4.78, 5) is 21.8. The van der Waals surface area contributed by atoms with Gasteiger partial charge in [-0.25, -0.2) is 22.9 Å². The zero-order chi connectivity index (χ0) is 25.1. The van der Waals surface area contributed by atoms with Crippen LogP contribution in [0, 0.1) is 0 Å². The van der Waals surface area contributed by atoms with E-state index < -0.39 is 16.1 Å². The molecular formula is C23H39N7O3S. The number of sulfonamides is 1. The number of rotatable bonds is 14. The maximum absolute atomic E-state index is 12.9. The Labute approximate surface area is 203 Å². The third-order valence-electron chi connectivity index (χ3n) is 5.62. The number of urea groups is 1. The van der Waals surface area contributed by atoms with Crippen molar-refractivity contribution in [1.29, 1.82) is 0 Å². The first-order valence-electron chi connectivity index (χ1n) is 11.7. The number of aromatic nitrogens is 3. The molecule has 34 heavy (non-hydrogen) atoms. The second kappa shape index (κ2) is 13.4. The van der Waals surface area contributed by atoms with Gasteiger partial charge in [-0.15, -0.1) is 0 Å². The van der Waals surface area contributed by atoms with Crippen molar-refractivity contribution in [1.82, 2.24) is 34.6 Å². The van der Waals surface area contributed by atoms with Crippen LogP contribution in [0.4, 0.5) is 4.79 Å². The molecular weight excluding hydrogens is 454 g/mol. The van der Waals surface area contributed by atoms with Crippen LogP contribution < -0.4 is 4.72 Å². The standard InChI is InChI=1S/C23H39N7O3S/c1-6-30(7-2)16-11-17-34(32,33)27-20(15-14-19-12-9-8-10-13-19)22-24-21(25-26-22)18-29(5)23(31)28(3)4/h8-10,12-13,20,27H,6-7,11,14-18H2,1-5H3,(H,24,25,26)/t20-/m1/s1. The molecule has 2 rings (SSSR count). The summed E-state index contributed by atoms with van der Waals surface area (Å²) >= 11 is 0. The van der Waals surface area contributed by atoms with Crippen molar-refractivity contribution in [2.24, 2.45) is 0 Å². The highest BCUT2D eigenvalue weighted by Crippen LogP contribution is 2.18. The van der Waals surface area contributed by atoms with E-state index in [-0.39, 0.29) is 18.3 Å². The van der Waals surface area contributed by atoms with E-state index in [4.69, 9.17) is 0 Å². The van der Waals surface area contributed by atoms with Crippen LogP contribution in [-0.2, 0) is 23.0 Å². The number of hydrogen-bond acceptors (Lipinski definition) is 6. The van der Waals surface area contributed by atoms with Gasteiger partial charge in [-0.2, -0.15) is 5.10 Å². The normalized spacial score (nSPS) is 12.6. The molecule has 0 aliphatic rings. The fraction of sp³-hybridized carbons (Fsp3) is 0.609. The maximum Gasteiger partial charge on any atom is 0.319 e. The van der Waals surface area contributed by atoms with Crippen molar-refractivity contribution in [3.8, 4) is 0 Å². The third-order valence-corrected chi connectivity index (χ3v) is 7.09. The predicted molar refractivity (Wildman–Crippen MR) is 134 cm³/mol. The minimum Gasteiger partial charge on any atom is -0.331 e. The Hall–Kier alpha value is -2.50. The molecule has 2 amide bonds. The first-order chi connectivity index (χ1) is 16.1. The molecule has 0 aliphatic carbocycles. The highest BCUT2D eigenvalue weighted by atomic mass is 32.2. The van der Waals surface area contributed by atoms with Gasteiger partial charge in [0, 0.05) is 21.1 Å². The van der Waals surface area contributed by atoms with E-state index >= 15 is 0 Å². The van der Waals surface area contributed by atoms with E-state index in [2.05, 4.69) is 38.7 Å². The van der Waals surface area contributed by atoms with Gasteiger partial charge in [0.15, 0.2) is 5.82 Å². The minimum atomic E-state index is -3.53. The predicted octanol–water partition coefficient (Wildman–Crippen LogP) is 2.24. The lowest BCUT2D eigenvalue weighted by atomic mass is 10.1. The van der Waals surface area contributed by atoms with E-state index in [1.54, 1.807) is 21.1 Å². The van der Waals surface area contributed by atoms with Crippen LogP contribution in [0.5, 0.6) is 0 Å². The summed E-state index contributed by atoms with van der Waals surface area (Å²) < 4.78 is 28.6. The summed E-state index contributed by atoms with van der Waals surface area (Å²) in [5.41, 5.74) is 1.11. The molecule has 0 radical (unpaired) electrons. The van der Waals surface area contributed by atoms with Gasteiger partial charge >= 0.3 is 6.03 Å². The Bertz CT molecular complexity index is 975.